The largest absolute Gasteiger partial charge is 0.395 e. The summed E-state index contributed by atoms with van der Waals surface area (Å²) in [6.45, 7) is -0.0399. The number of carbonyl (C=O) groups excluding carboxylic acids is 1. The van der Waals surface area contributed by atoms with Crippen LogP contribution in [0.1, 0.15) is 13.3 Å². The van der Waals surface area contributed by atoms with Gasteiger partial charge in [-0.15, -0.1) is 0 Å². The van der Waals surface area contributed by atoms with Crippen LogP contribution in [-0.2, 0) is 24.7 Å². The third-order valence-corrected chi connectivity index (χ3v) is 7.58. The molecule has 0 spiro atoms. The predicted molar refractivity (Wildman–Crippen MR) is 88.7 cm³/mol. The molecule has 146 valence electrons. The maximum atomic E-state index is 14.3. The quantitative estimate of drug-likeness (QED) is 0.683. The number of sulfonamides is 1. The molecule has 0 aromatic heterocycles. The Morgan fingerprint density at radius 3 is 2.35 bits per heavy atom. The molecule has 1 heterocycles. The number of aliphatic hydroxyl groups excluding tert-OH is 1. The first-order valence-corrected chi connectivity index (χ1v) is 10.8. The van der Waals surface area contributed by atoms with Crippen LogP contribution in [0, 0.1) is 11.6 Å². The Labute approximate surface area is 149 Å². The summed E-state index contributed by atoms with van der Waals surface area (Å²) in [5, 5.41) is 11.3. The van der Waals surface area contributed by atoms with Gasteiger partial charge in [0.15, 0.2) is 14.7 Å². The molecule has 0 aliphatic carbocycles. The third kappa shape index (κ3) is 4.37. The fourth-order valence-corrected chi connectivity index (χ4v) is 6.36. The molecule has 1 aliphatic rings. The van der Waals surface area contributed by atoms with Gasteiger partial charge in [0.2, 0.25) is 15.9 Å². The molecule has 1 aliphatic heterocycles. The van der Waals surface area contributed by atoms with E-state index in [-0.39, 0.29) is 17.9 Å². The Hall–Kier alpha value is -1.63. The highest BCUT2D eigenvalue weighted by Crippen LogP contribution is 2.29. The number of rotatable bonds is 6. The first-order chi connectivity index (χ1) is 12.0. The Morgan fingerprint density at radius 2 is 1.92 bits per heavy atom. The third-order valence-electron chi connectivity index (χ3n) is 3.82. The Kier molecular flexibility index (Phi) is 6.00. The summed E-state index contributed by atoms with van der Waals surface area (Å²) >= 11 is 0. The van der Waals surface area contributed by atoms with Crippen molar-refractivity contribution < 1.29 is 35.5 Å². The lowest BCUT2D eigenvalue weighted by molar-refractivity contribution is -0.114. The molecular formula is C14H18F2N2O6S2. The van der Waals surface area contributed by atoms with Crippen LogP contribution in [0.25, 0.3) is 0 Å². The fourth-order valence-electron chi connectivity index (χ4n) is 2.80. The van der Waals surface area contributed by atoms with Gasteiger partial charge in [0.25, 0.3) is 0 Å². The molecule has 0 bridgehead atoms. The molecule has 8 nitrogen and oxygen atoms in total. The number of nitrogens with one attached hydrogen (secondary N) is 1. The molecule has 1 saturated heterocycles. The molecule has 1 fully saturated rings. The van der Waals surface area contributed by atoms with Gasteiger partial charge in [-0.05, 0) is 18.6 Å². The van der Waals surface area contributed by atoms with Gasteiger partial charge in [0, 0.05) is 25.2 Å². The molecule has 0 radical (unpaired) electrons. The summed E-state index contributed by atoms with van der Waals surface area (Å²) in [4.78, 5) is 9.72. The average Bonchev–Trinajstić information content (AvgIpc) is 2.82. The van der Waals surface area contributed by atoms with E-state index in [9.17, 15) is 30.4 Å². The van der Waals surface area contributed by atoms with Crippen molar-refractivity contribution in [2.45, 2.75) is 24.3 Å². The number of carbonyl (C=O) groups is 1. The van der Waals surface area contributed by atoms with Crippen molar-refractivity contribution in [3.05, 3.63) is 23.8 Å². The van der Waals surface area contributed by atoms with Crippen molar-refractivity contribution in [2.75, 3.05) is 30.0 Å². The van der Waals surface area contributed by atoms with Crippen LogP contribution in [0.4, 0.5) is 14.5 Å². The highest BCUT2D eigenvalue weighted by Gasteiger charge is 2.40. The molecule has 1 amide bonds. The zero-order valence-electron chi connectivity index (χ0n) is 13.8. The zero-order valence-corrected chi connectivity index (χ0v) is 15.4. The zero-order chi connectivity index (χ0) is 19.7. The lowest BCUT2D eigenvalue weighted by Crippen LogP contribution is -2.43. The number of amides is 1. The molecule has 0 saturated carbocycles. The molecule has 2 rings (SSSR count). The van der Waals surface area contributed by atoms with E-state index in [1.807, 2.05) is 0 Å². The smallest absolute Gasteiger partial charge is 0.249 e. The standard InChI is InChI=1S/C14H18F2N2O6S2/c1-9(20)17-10-6-12(15)14(13(16)7-10)26(23,24)18(3-4-19)11-2-5-25(21,22)8-11/h6-7,11,19H,2-5,8H2,1H3,(H,17,20). The van der Waals surface area contributed by atoms with E-state index in [2.05, 4.69) is 5.32 Å². The molecule has 1 aromatic rings. The van der Waals surface area contributed by atoms with E-state index < -0.39 is 67.2 Å². The van der Waals surface area contributed by atoms with Gasteiger partial charge in [0.05, 0.1) is 18.1 Å². The van der Waals surface area contributed by atoms with Gasteiger partial charge in [-0.1, -0.05) is 0 Å². The van der Waals surface area contributed by atoms with Crippen LogP contribution in [0.3, 0.4) is 0 Å². The second kappa shape index (κ2) is 7.55. The second-order valence-electron chi connectivity index (χ2n) is 5.85. The number of sulfone groups is 1. The van der Waals surface area contributed by atoms with Crippen LogP contribution in [0.2, 0.25) is 0 Å². The van der Waals surface area contributed by atoms with Crippen molar-refractivity contribution in [1.82, 2.24) is 4.31 Å². The van der Waals surface area contributed by atoms with Crippen LogP contribution in [0.5, 0.6) is 0 Å². The Morgan fingerprint density at radius 1 is 1.35 bits per heavy atom. The van der Waals surface area contributed by atoms with Crippen molar-refractivity contribution >= 4 is 31.5 Å². The molecule has 26 heavy (non-hydrogen) atoms. The minimum absolute atomic E-state index is 0.0330. The van der Waals surface area contributed by atoms with E-state index >= 15 is 0 Å². The van der Waals surface area contributed by atoms with E-state index in [0.717, 1.165) is 6.92 Å². The average molecular weight is 412 g/mol. The summed E-state index contributed by atoms with van der Waals surface area (Å²) in [5.41, 5.74) is -0.261. The van der Waals surface area contributed by atoms with Crippen molar-refractivity contribution in [3.8, 4) is 0 Å². The normalized spacial score (nSPS) is 19.7. The maximum Gasteiger partial charge on any atom is 0.249 e. The molecule has 1 atom stereocenters. The fraction of sp³-hybridized carbons (Fsp3) is 0.500. The summed E-state index contributed by atoms with van der Waals surface area (Å²) in [7, 11) is -8.22. The highest BCUT2D eigenvalue weighted by molar-refractivity contribution is 7.92. The van der Waals surface area contributed by atoms with E-state index in [4.69, 9.17) is 5.11 Å². The number of halogens is 2. The van der Waals surface area contributed by atoms with E-state index in [1.54, 1.807) is 0 Å². The van der Waals surface area contributed by atoms with Crippen LogP contribution in [-0.4, -0.2) is 62.9 Å². The summed E-state index contributed by atoms with van der Waals surface area (Å²) < 4.78 is 78.0. The molecular weight excluding hydrogens is 394 g/mol. The minimum atomic E-state index is -4.76. The van der Waals surface area contributed by atoms with Crippen molar-refractivity contribution in [2.24, 2.45) is 0 Å². The Bertz CT molecular complexity index is 894. The number of nitrogens with zero attached hydrogens (tertiary/aromatic N) is 1. The molecule has 12 heteroatoms. The van der Waals surface area contributed by atoms with Gasteiger partial charge >= 0.3 is 0 Å². The van der Waals surface area contributed by atoms with E-state index in [1.165, 1.54) is 0 Å². The van der Waals surface area contributed by atoms with Crippen LogP contribution >= 0.6 is 0 Å². The van der Waals surface area contributed by atoms with Gasteiger partial charge in [0.1, 0.15) is 11.6 Å². The monoisotopic (exact) mass is 412 g/mol. The lowest BCUT2D eigenvalue weighted by atomic mass is 10.3. The predicted octanol–water partition coefficient (Wildman–Crippen LogP) is 0.0933. The molecule has 1 unspecified atom stereocenters. The van der Waals surface area contributed by atoms with Crippen LogP contribution in [0.15, 0.2) is 17.0 Å². The minimum Gasteiger partial charge on any atom is -0.395 e. The summed E-state index contributed by atoms with van der Waals surface area (Å²) in [6.07, 6.45) is -0.0330. The number of benzene rings is 1. The van der Waals surface area contributed by atoms with Crippen molar-refractivity contribution in [1.29, 1.82) is 0 Å². The van der Waals surface area contributed by atoms with Gasteiger partial charge in [-0.3, -0.25) is 4.79 Å². The summed E-state index contributed by atoms with van der Waals surface area (Å²) in [5.74, 6) is -4.20. The summed E-state index contributed by atoms with van der Waals surface area (Å²) in [6, 6.07) is 0.283. The van der Waals surface area contributed by atoms with Crippen molar-refractivity contribution in [3.63, 3.8) is 0 Å². The topological polar surface area (TPSA) is 121 Å². The molecule has 1 aromatic carbocycles. The Balaban J connectivity index is 2.48. The maximum absolute atomic E-state index is 14.3. The highest BCUT2D eigenvalue weighted by atomic mass is 32.2. The van der Waals surface area contributed by atoms with Crippen LogP contribution < -0.4 is 5.32 Å². The second-order valence-corrected chi connectivity index (χ2v) is 9.90. The number of hydrogen-bond acceptors (Lipinski definition) is 6. The molecule has 2 N–H and O–H groups in total. The number of aliphatic hydroxyl groups is 1. The first kappa shape index (κ1) is 20.7. The number of anilines is 1. The SMILES string of the molecule is CC(=O)Nc1cc(F)c(S(=O)(=O)N(CCO)C2CCS(=O)(=O)C2)c(F)c1. The first-order valence-electron chi connectivity index (χ1n) is 7.57. The number of hydrogen-bond donors (Lipinski definition) is 2. The van der Waals surface area contributed by atoms with Gasteiger partial charge < -0.3 is 10.4 Å². The van der Waals surface area contributed by atoms with Gasteiger partial charge in [-0.2, -0.15) is 4.31 Å². The van der Waals surface area contributed by atoms with E-state index in [0.29, 0.717) is 16.4 Å². The lowest BCUT2D eigenvalue weighted by Gasteiger charge is -2.27. The van der Waals surface area contributed by atoms with Gasteiger partial charge in [-0.25, -0.2) is 25.6 Å².